The summed E-state index contributed by atoms with van der Waals surface area (Å²) in [7, 11) is 0. The molecule has 2 amide bonds. The Labute approximate surface area is 347 Å². The topological polar surface area (TPSA) is 175 Å². The van der Waals surface area contributed by atoms with E-state index < -0.39 is 24.4 Å². The zero-order chi connectivity index (χ0) is 42.2. The minimum absolute atomic E-state index is 0.188. The molecule has 4 fully saturated rings. The minimum Gasteiger partial charge on any atom is -0.492 e. The van der Waals surface area contributed by atoms with E-state index in [2.05, 4.69) is 30.6 Å². The number of H-pyrrole nitrogens is 2. The lowest BCUT2D eigenvalue weighted by molar-refractivity contribution is -0.122. The third kappa shape index (κ3) is 11.8. The molecule has 4 aromatic rings. The van der Waals surface area contributed by atoms with E-state index >= 15 is 0 Å². The smallest absolute Gasteiger partial charge is 0.247 e. The van der Waals surface area contributed by atoms with Crippen LogP contribution in [0, 0.1) is 11.8 Å². The Bertz CT molecular complexity index is 1970. The number of amides is 2. The summed E-state index contributed by atoms with van der Waals surface area (Å²) in [5.41, 5.74) is 1.04. The van der Waals surface area contributed by atoms with Gasteiger partial charge in [-0.05, 0) is 99.6 Å². The molecule has 6 atom stereocenters. The number of alkyl halides is 2. The monoisotopic (exact) mass is 828 g/mol. The predicted molar refractivity (Wildman–Crippen MR) is 223 cm³/mol. The Balaban J connectivity index is 0.000000181. The molecule has 6 heterocycles. The summed E-state index contributed by atoms with van der Waals surface area (Å²) in [4.78, 5) is 65.7. The number of ether oxygens (including phenoxy) is 2. The summed E-state index contributed by atoms with van der Waals surface area (Å²) in [5, 5.41) is 5.66. The number of hydrogen-bond donors (Lipinski definition) is 4. The summed E-state index contributed by atoms with van der Waals surface area (Å²) in [6, 6.07) is 12.3. The Morgan fingerprint density at radius 1 is 0.667 bits per heavy atom. The van der Waals surface area contributed by atoms with Crippen LogP contribution in [0.4, 0.5) is 20.4 Å². The molecule has 0 aromatic carbocycles. The number of piperidine rings is 2. The van der Waals surface area contributed by atoms with Crippen LogP contribution >= 0.6 is 0 Å². The van der Waals surface area contributed by atoms with Gasteiger partial charge in [0.15, 0.2) is 0 Å². The molecule has 2 aliphatic heterocycles. The van der Waals surface area contributed by atoms with Crippen molar-refractivity contribution in [3.8, 4) is 11.5 Å². The zero-order valence-electron chi connectivity index (χ0n) is 34.0. The number of pyridine rings is 4. The second-order valence-corrected chi connectivity index (χ2v) is 16.4. The number of likely N-dealkylation sites (tertiary alicyclic amines) is 2. The van der Waals surface area contributed by atoms with Crippen molar-refractivity contribution in [1.82, 2.24) is 29.7 Å². The van der Waals surface area contributed by atoms with Gasteiger partial charge in [-0.15, -0.1) is 0 Å². The molecule has 0 radical (unpaired) electrons. The molecule has 0 spiro atoms. The summed E-state index contributed by atoms with van der Waals surface area (Å²) in [5.74, 6) is 2.50. The molecule has 320 valence electrons. The Morgan fingerprint density at radius 3 is 1.42 bits per heavy atom. The molecule has 16 heteroatoms. The molecule has 0 bridgehead atoms. The minimum atomic E-state index is -1.01. The van der Waals surface area contributed by atoms with Gasteiger partial charge in [-0.3, -0.25) is 29.0 Å². The van der Waals surface area contributed by atoms with E-state index in [-0.39, 0.29) is 34.8 Å². The Morgan fingerprint density at radius 2 is 1.08 bits per heavy atom. The van der Waals surface area contributed by atoms with Gasteiger partial charge in [0.1, 0.15) is 35.5 Å². The lowest BCUT2D eigenvalue weighted by Gasteiger charge is -2.38. The summed E-state index contributed by atoms with van der Waals surface area (Å²) in [6.45, 7) is 6.85. The molecular weight excluding hydrogens is 775 g/mol. The van der Waals surface area contributed by atoms with Crippen LogP contribution in [0.1, 0.15) is 75.3 Å². The first-order valence-corrected chi connectivity index (χ1v) is 20.9. The number of aromatic amines is 2. The molecule has 4 N–H and O–H groups in total. The van der Waals surface area contributed by atoms with Crippen LogP contribution < -0.4 is 31.2 Å². The van der Waals surface area contributed by atoms with Gasteiger partial charge in [0.25, 0.3) is 0 Å². The molecule has 14 nitrogen and oxygen atoms in total. The van der Waals surface area contributed by atoms with E-state index in [0.29, 0.717) is 87.2 Å². The molecular formula is C44H54F2N8O6. The Hall–Kier alpha value is -5.48. The van der Waals surface area contributed by atoms with Crippen molar-refractivity contribution in [1.29, 1.82) is 0 Å². The highest BCUT2D eigenvalue weighted by Crippen LogP contribution is 2.33. The number of halogens is 2. The summed E-state index contributed by atoms with van der Waals surface area (Å²) in [6.07, 6.45) is 9.91. The molecule has 1 unspecified atom stereocenters. The number of nitrogens with one attached hydrogen (secondary N) is 4. The van der Waals surface area contributed by atoms with Gasteiger partial charge < -0.3 is 30.1 Å². The van der Waals surface area contributed by atoms with Gasteiger partial charge in [0.2, 0.25) is 22.9 Å². The molecule has 2 saturated carbocycles. The zero-order valence-corrected chi connectivity index (χ0v) is 34.0. The van der Waals surface area contributed by atoms with E-state index in [1.807, 2.05) is 23.6 Å². The fourth-order valence-corrected chi connectivity index (χ4v) is 7.41. The number of carbonyl (C=O) groups excluding carboxylic acids is 2. The van der Waals surface area contributed by atoms with Gasteiger partial charge in [-0.2, -0.15) is 0 Å². The van der Waals surface area contributed by atoms with Crippen molar-refractivity contribution in [2.45, 2.75) is 88.6 Å². The van der Waals surface area contributed by atoms with Crippen molar-refractivity contribution < 1.29 is 27.8 Å². The van der Waals surface area contributed by atoms with Crippen molar-refractivity contribution >= 4 is 23.5 Å². The maximum absolute atomic E-state index is 14.5. The quantitative estimate of drug-likeness (QED) is 0.128. The highest BCUT2D eigenvalue weighted by atomic mass is 19.1. The number of nitrogens with zero attached hydrogens (tertiary/aromatic N) is 4. The SMILES string of the molecule is C[C@@H](C(=O)Nc1ccc(OCC2CC2)cn1)N1CC[C@@H](F)C(c2ccc(=O)[nH]c2)C1.C[C@@H](C(=O)Nc1ccc(OCC2CC2)cn1)N1CC[C@H](F)[C@@H](c2ccc(=O)[nH]c2)C1. The van der Waals surface area contributed by atoms with Crippen molar-refractivity contribution in [2.75, 3.05) is 50.0 Å². The first-order chi connectivity index (χ1) is 29.0. The van der Waals surface area contributed by atoms with E-state index in [1.165, 1.54) is 37.8 Å². The van der Waals surface area contributed by atoms with Crippen LogP contribution in [-0.4, -0.2) is 105 Å². The molecule has 4 aromatic heterocycles. The van der Waals surface area contributed by atoms with Crippen molar-refractivity contribution in [2.24, 2.45) is 11.8 Å². The van der Waals surface area contributed by atoms with Crippen LogP contribution in [0.5, 0.6) is 11.5 Å². The maximum atomic E-state index is 14.5. The van der Waals surface area contributed by atoms with Gasteiger partial charge in [-0.25, -0.2) is 18.7 Å². The third-order valence-corrected chi connectivity index (χ3v) is 11.8. The lowest BCUT2D eigenvalue weighted by Crippen LogP contribution is -2.49. The molecule has 8 rings (SSSR count). The lowest BCUT2D eigenvalue weighted by atomic mass is 9.89. The maximum Gasteiger partial charge on any atom is 0.247 e. The van der Waals surface area contributed by atoms with Crippen LogP contribution in [0.25, 0.3) is 0 Å². The first-order valence-electron chi connectivity index (χ1n) is 20.9. The van der Waals surface area contributed by atoms with Crippen molar-refractivity contribution in [3.63, 3.8) is 0 Å². The van der Waals surface area contributed by atoms with Gasteiger partial charge in [0, 0.05) is 62.5 Å². The standard InChI is InChI=1S/2C22H27FN4O3/c2*1-14(22(29)26-20-6-5-17(11-24-20)30-13-15-2-3-15)27-9-8-19(23)18(12-27)16-4-7-21(28)25-10-16/h2*4-7,10-11,14-15,18-19H,2-3,8-9,12-13H2,1H3,(H,25,28)(H,24,26,29)/t14-,18?,19+;14-,18+,19-/m00/s1. The third-order valence-electron chi connectivity index (χ3n) is 11.8. The normalized spacial score (nSPS) is 23.0. The molecule has 2 saturated heterocycles. The van der Waals surface area contributed by atoms with Crippen LogP contribution in [0.15, 0.2) is 82.9 Å². The van der Waals surface area contributed by atoms with E-state index in [9.17, 15) is 28.0 Å². The average Bonchev–Trinajstić information content (AvgIpc) is 4.21. The van der Waals surface area contributed by atoms with Crippen molar-refractivity contribution in [3.05, 3.63) is 105 Å². The highest BCUT2D eigenvalue weighted by molar-refractivity contribution is 5.94. The van der Waals surface area contributed by atoms with Gasteiger partial charge >= 0.3 is 0 Å². The summed E-state index contributed by atoms with van der Waals surface area (Å²) >= 11 is 0. The van der Waals surface area contributed by atoms with Gasteiger partial charge in [0.05, 0.1) is 37.7 Å². The van der Waals surface area contributed by atoms with E-state index in [1.54, 1.807) is 61.2 Å². The second kappa shape index (κ2) is 19.7. The van der Waals surface area contributed by atoms with Crippen LogP contribution in [0.2, 0.25) is 0 Å². The van der Waals surface area contributed by atoms with E-state index in [0.717, 1.165) is 11.1 Å². The predicted octanol–water partition coefficient (Wildman–Crippen LogP) is 5.43. The highest BCUT2D eigenvalue weighted by Gasteiger charge is 2.36. The molecule has 4 aliphatic rings. The first kappa shape index (κ1) is 42.6. The number of anilines is 2. The molecule has 60 heavy (non-hydrogen) atoms. The van der Waals surface area contributed by atoms with Crippen LogP contribution in [-0.2, 0) is 9.59 Å². The number of rotatable bonds is 14. The van der Waals surface area contributed by atoms with Crippen LogP contribution in [0.3, 0.4) is 0 Å². The second-order valence-electron chi connectivity index (χ2n) is 16.4. The summed E-state index contributed by atoms with van der Waals surface area (Å²) < 4.78 is 40.4. The number of aromatic nitrogens is 4. The fourth-order valence-electron chi connectivity index (χ4n) is 7.41. The average molecular weight is 829 g/mol. The largest absolute Gasteiger partial charge is 0.492 e. The van der Waals surface area contributed by atoms with Gasteiger partial charge in [-0.1, -0.05) is 12.1 Å². The Kier molecular flexibility index (Phi) is 14.0. The van der Waals surface area contributed by atoms with E-state index in [4.69, 9.17) is 9.47 Å². The fraction of sp³-hybridized carbons (Fsp3) is 0.500. The molecule has 2 aliphatic carbocycles. The number of hydrogen-bond acceptors (Lipinski definition) is 10. The number of carbonyl (C=O) groups is 2.